The maximum Gasteiger partial charge on any atom is 0.222 e. The van der Waals surface area contributed by atoms with Gasteiger partial charge >= 0.3 is 0 Å². The molecule has 6 heteroatoms. The number of nitrogens with zero attached hydrogens (tertiary/aromatic N) is 2. The van der Waals surface area contributed by atoms with E-state index in [9.17, 15) is 4.79 Å². The Morgan fingerprint density at radius 2 is 2.00 bits per heavy atom. The Kier molecular flexibility index (Phi) is 4.02. The van der Waals surface area contributed by atoms with Crippen LogP contribution >= 0.6 is 0 Å². The van der Waals surface area contributed by atoms with Crippen molar-refractivity contribution in [2.75, 3.05) is 26.3 Å². The largest absolute Gasteiger partial charge is 0.441 e. The normalized spacial score (nSPS) is 20.1. The number of oxazole rings is 1. The van der Waals surface area contributed by atoms with Gasteiger partial charge in [0, 0.05) is 39.3 Å². The van der Waals surface area contributed by atoms with Crippen LogP contribution in [0.3, 0.4) is 0 Å². The standard InChI is InChI=1S/C18H22N2O4/c1-13-19-15-12-14(2-4-16(15)24-13)3-5-17(21)20-8-6-18(7-9-20)22-10-11-23-18/h2,4,12H,3,5-11H2,1H3. The Balaban J connectivity index is 1.32. The first-order valence-electron chi connectivity index (χ1n) is 8.55. The van der Waals surface area contributed by atoms with Gasteiger partial charge in [-0.1, -0.05) is 6.07 Å². The molecule has 2 aromatic rings. The van der Waals surface area contributed by atoms with Gasteiger partial charge in [-0.05, 0) is 24.1 Å². The monoisotopic (exact) mass is 330 g/mol. The highest BCUT2D eigenvalue weighted by atomic mass is 16.7. The number of ether oxygens (including phenoxy) is 2. The zero-order valence-electron chi connectivity index (χ0n) is 13.9. The van der Waals surface area contributed by atoms with Gasteiger partial charge in [0.15, 0.2) is 17.3 Å². The van der Waals surface area contributed by atoms with Gasteiger partial charge in [0.25, 0.3) is 0 Å². The van der Waals surface area contributed by atoms with Crippen LogP contribution in [0.15, 0.2) is 22.6 Å². The van der Waals surface area contributed by atoms with Crippen LogP contribution in [0.1, 0.15) is 30.7 Å². The molecule has 2 aliphatic rings. The molecule has 1 amide bonds. The molecule has 24 heavy (non-hydrogen) atoms. The molecule has 1 aromatic heterocycles. The van der Waals surface area contributed by atoms with E-state index < -0.39 is 5.79 Å². The summed E-state index contributed by atoms with van der Waals surface area (Å²) in [7, 11) is 0. The summed E-state index contributed by atoms with van der Waals surface area (Å²) < 4.78 is 16.9. The number of benzene rings is 1. The molecule has 2 saturated heterocycles. The summed E-state index contributed by atoms with van der Waals surface area (Å²) in [4.78, 5) is 18.7. The van der Waals surface area contributed by atoms with Crippen molar-refractivity contribution in [2.45, 2.75) is 38.4 Å². The van der Waals surface area contributed by atoms with Crippen molar-refractivity contribution in [1.29, 1.82) is 0 Å². The summed E-state index contributed by atoms with van der Waals surface area (Å²) in [5, 5.41) is 0. The average Bonchev–Trinajstić information content (AvgIpc) is 3.18. The fraction of sp³-hybridized carbons (Fsp3) is 0.556. The Morgan fingerprint density at radius 1 is 1.25 bits per heavy atom. The lowest BCUT2D eigenvalue weighted by atomic mass is 10.0. The van der Waals surface area contributed by atoms with Crippen LogP contribution < -0.4 is 0 Å². The minimum absolute atomic E-state index is 0.194. The van der Waals surface area contributed by atoms with Gasteiger partial charge in [-0.25, -0.2) is 4.98 Å². The van der Waals surface area contributed by atoms with Gasteiger partial charge in [-0.15, -0.1) is 0 Å². The van der Waals surface area contributed by atoms with Crippen molar-refractivity contribution in [3.05, 3.63) is 29.7 Å². The maximum absolute atomic E-state index is 12.5. The third-order valence-corrected chi connectivity index (χ3v) is 4.88. The Morgan fingerprint density at radius 3 is 2.75 bits per heavy atom. The zero-order valence-corrected chi connectivity index (χ0v) is 13.9. The average molecular weight is 330 g/mol. The summed E-state index contributed by atoms with van der Waals surface area (Å²) in [6.07, 6.45) is 2.76. The number of carbonyl (C=O) groups excluding carboxylic acids is 1. The highest BCUT2D eigenvalue weighted by molar-refractivity contribution is 5.77. The number of aromatic nitrogens is 1. The van der Waals surface area contributed by atoms with E-state index in [-0.39, 0.29) is 5.91 Å². The van der Waals surface area contributed by atoms with E-state index in [2.05, 4.69) is 4.98 Å². The summed E-state index contributed by atoms with van der Waals surface area (Å²) in [5.41, 5.74) is 2.76. The van der Waals surface area contributed by atoms with Crippen LogP contribution in [-0.4, -0.2) is 47.9 Å². The first-order valence-corrected chi connectivity index (χ1v) is 8.55. The third-order valence-electron chi connectivity index (χ3n) is 4.88. The molecule has 6 nitrogen and oxygen atoms in total. The van der Waals surface area contributed by atoms with Crippen LogP contribution in [0, 0.1) is 6.92 Å². The Bertz CT molecular complexity index is 739. The summed E-state index contributed by atoms with van der Waals surface area (Å²) in [6.45, 7) is 4.58. The number of amides is 1. The van der Waals surface area contributed by atoms with Gasteiger partial charge in [-0.2, -0.15) is 0 Å². The molecule has 2 fully saturated rings. The third kappa shape index (κ3) is 3.03. The molecule has 0 bridgehead atoms. The van der Waals surface area contributed by atoms with E-state index in [1.54, 1.807) is 0 Å². The van der Waals surface area contributed by atoms with E-state index in [1.807, 2.05) is 30.0 Å². The molecule has 0 unspecified atom stereocenters. The fourth-order valence-electron chi connectivity index (χ4n) is 3.54. The van der Waals surface area contributed by atoms with Crippen molar-refractivity contribution in [3.8, 4) is 0 Å². The van der Waals surface area contributed by atoms with E-state index in [4.69, 9.17) is 13.9 Å². The molecule has 3 heterocycles. The van der Waals surface area contributed by atoms with Gasteiger partial charge in [0.05, 0.1) is 13.2 Å². The van der Waals surface area contributed by atoms with Gasteiger partial charge in [-0.3, -0.25) is 4.79 Å². The second-order valence-electron chi connectivity index (χ2n) is 6.52. The summed E-state index contributed by atoms with van der Waals surface area (Å²) in [6, 6.07) is 5.94. The highest BCUT2D eigenvalue weighted by Gasteiger charge is 2.40. The molecule has 0 N–H and O–H groups in total. The van der Waals surface area contributed by atoms with E-state index in [0.717, 1.165) is 35.9 Å². The lowest BCUT2D eigenvalue weighted by molar-refractivity contribution is -0.187. The topological polar surface area (TPSA) is 64.8 Å². The number of hydrogen-bond donors (Lipinski definition) is 0. The molecule has 0 aliphatic carbocycles. The SMILES string of the molecule is Cc1nc2cc(CCC(=O)N3CCC4(CC3)OCCO4)ccc2o1. The maximum atomic E-state index is 12.5. The summed E-state index contributed by atoms with van der Waals surface area (Å²) >= 11 is 0. The number of carbonyl (C=O) groups is 1. The fourth-order valence-corrected chi connectivity index (χ4v) is 3.54. The number of rotatable bonds is 3. The first kappa shape index (κ1) is 15.6. The second-order valence-corrected chi connectivity index (χ2v) is 6.52. The molecule has 0 radical (unpaired) electrons. The lowest BCUT2D eigenvalue weighted by Gasteiger charge is -2.37. The van der Waals surface area contributed by atoms with Crippen LogP contribution in [0.4, 0.5) is 0 Å². The Hall–Kier alpha value is -1.92. The van der Waals surface area contributed by atoms with E-state index in [1.165, 1.54) is 0 Å². The van der Waals surface area contributed by atoms with Gasteiger partial charge in [0.2, 0.25) is 5.91 Å². The van der Waals surface area contributed by atoms with Crippen molar-refractivity contribution in [3.63, 3.8) is 0 Å². The van der Waals surface area contributed by atoms with Gasteiger partial charge < -0.3 is 18.8 Å². The molecular weight excluding hydrogens is 308 g/mol. The minimum atomic E-state index is -0.424. The number of hydrogen-bond acceptors (Lipinski definition) is 5. The zero-order chi connectivity index (χ0) is 16.6. The van der Waals surface area contributed by atoms with Crippen molar-refractivity contribution >= 4 is 17.0 Å². The predicted octanol–water partition coefficient (Wildman–Crippen LogP) is 2.43. The number of likely N-dealkylation sites (tertiary alicyclic amines) is 1. The second kappa shape index (κ2) is 6.18. The molecular formula is C18H22N2O4. The molecule has 0 atom stereocenters. The molecule has 1 aromatic carbocycles. The number of piperidine rings is 1. The lowest BCUT2D eigenvalue weighted by Crippen LogP contribution is -2.47. The minimum Gasteiger partial charge on any atom is -0.441 e. The smallest absolute Gasteiger partial charge is 0.222 e. The van der Waals surface area contributed by atoms with Crippen LogP contribution in [0.25, 0.3) is 11.1 Å². The van der Waals surface area contributed by atoms with Crippen molar-refractivity contribution < 1.29 is 18.7 Å². The van der Waals surface area contributed by atoms with E-state index in [0.29, 0.717) is 38.6 Å². The molecule has 128 valence electrons. The highest BCUT2D eigenvalue weighted by Crippen LogP contribution is 2.31. The van der Waals surface area contributed by atoms with Crippen molar-refractivity contribution in [2.24, 2.45) is 0 Å². The Labute approximate surface area is 140 Å². The van der Waals surface area contributed by atoms with E-state index >= 15 is 0 Å². The molecule has 2 aliphatic heterocycles. The van der Waals surface area contributed by atoms with Crippen LogP contribution in [-0.2, 0) is 20.7 Å². The molecule has 0 saturated carbocycles. The molecule has 1 spiro atoms. The van der Waals surface area contributed by atoms with Gasteiger partial charge in [0.1, 0.15) is 5.52 Å². The number of fused-ring (bicyclic) bond motifs is 1. The number of aryl methyl sites for hydroxylation is 2. The quantitative estimate of drug-likeness (QED) is 0.865. The summed E-state index contributed by atoms with van der Waals surface area (Å²) in [5.74, 6) is 0.434. The van der Waals surface area contributed by atoms with Crippen LogP contribution in [0.5, 0.6) is 0 Å². The first-order chi connectivity index (χ1) is 11.6. The van der Waals surface area contributed by atoms with Crippen LogP contribution in [0.2, 0.25) is 0 Å². The van der Waals surface area contributed by atoms with Crippen molar-refractivity contribution in [1.82, 2.24) is 9.88 Å². The predicted molar refractivity (Wildman–Crippen MR) is 87.5 cm³/mol. The molecule has 4 rings (SSSR count).